The predicted molar refractivity (Wildman–Crippen MR) is 117 cm³/mol. The number of benzene rings is 2. The van der Waals surface area contributed by atoms with Crippen LogP contribution in [0.4, 0.5) is 26.3 Å². The van der Waals surface area contributed by atoms with Crippen molar-refractivity contribution >= 4 is 0 Å². The molecule has 36 heavy (non-hydrogen) atoms. The van der Waals surface area contributed by atoms with E-state index in [1.807, 2.05) is 30.3 Å². The van der Waals surface area contributed by atoms with Crippen LogP contribution in [0.3, 0.4) is 0 Å². The molecule has 0 saturated carbocycles. The number of aromatic nitrogens is 3. The highest BCUT2D eigenvalue weighted by Gasteiger charge is 2.56. The molecule has 2 bridgehead atoms. The minimum atomic E-state index is -4.90. The van der Waals surface area contributed by atoms with Crippen molar-refractivity contribution < 1.29 is 31.1 Å². The molecule has 1 N–H and O–H groups in total. The topological polar surface area (TPSA) is 54.0 Å². The number of H-pyrrole nitrogens is 1. The van der Waals surface area contributed by atoms with Gasteiger partial charge in [0.15, 0.2) is 0 Å². The van der Waals surface area contributed by atoms with E-state index in [0.29, 0.717) is 18.8 Å². The molecular formula is C25H24F6N4O. The van der Waals surface area contributed by atoms with Crippen LogP contribution in [0.5, 0.6) is 0 Å². The molecule has 3 unspecified atom stereocenters. The summed E-state index contributed by atoms with van der Waals surface area (Å²) in [5, 5.41) is 6.81. The Kier molecular flexibility index (Phi) is 6.32. The van der Waals surface area contributed by atoms with E-state index < -0.39 is 35.1 Å². The summed E-state index contributed by atoms with van der Waals surface area (Å²) < 4.78 is 86.2. The predicted octanol–water partition coefficient (Wildman–Crippen LogP) is 6.08. The van der Waals surface area contributed by atoms with Crippen LogP contribution in [0.25, 0.3) is 0 Å². The van der Waals surface area contributed by atoms with Gasteiger partial charge in [-0.2, -0.15) is 31.4 Å². The summed E-state index contributed by atoms with van der Waals surface area (Å²) in [4.78, 5) is 6.55. The molecule has 2 fully saturated rings. The van der Waals surface area contributed by atoms with Crippen LogP contribution in [0.15, 0.2) is 54.9 Å². The molecule has 2 saturated heterocycles. The second-order valence-electron chi connectivity index (χ2n) is 9.33. The number of hydrogen-bond donors (Lipinski definition) is 1. The van der Waals surface area contributed by atoms with E-state index in [0.717, 1.165) is 37.0 Å². The van der Waals surface area contributed by atoms with Crippen LogP contribution in [0.1, 0.15) is 53.8 Å². The van der Waals surface area contributed by atoms with Crippen molar-refractivity contribution in [3.8, 4) is 0 Å². The SMILES string of the molecule is FC(F)(F)c1cc(COC2CCC3CCC2(c2ccccc2)N3Cc2ncn[nH]2)cc(C(F)(F)F)c1. The molecule has 2 aromatic carbocycles. The Hall–Kier alpha value is -2.92. The van der Waals surface area contributed by atoms with Crippen LogP contribution < -0.4 is 0 Å². The van der Waals surface area contributed by atoms with Gasteiger partial charge in [-0.1, -0.05) is 30.3 Å². The van der Waals surface area contributed by atoms with Crippen LogP contribution in [0, 0.1) is 0 Å². The molecule has 0 radical (unpaired) electrons. The number of ether oxygens (including phenoxy) is 1. The van der Waals surface area contributed by atoms with Crippen molar-refractivity contribution in [3.63, 3.8) is 0 Å². The molecule has 192 valence electrons. The monoisotopic (exact) mass is 510 g/mol. The second-order valence-corrected chi connectivity index (χ2v) is 9.33. The van der Waals surface area contributed by atoms with Crippen LogP contribution >= 0.6 is 0 Å². The van der Waals surface area contributed by atoms with Gasteiger partial charge in [-0.05, 0) is 55.0 Å². The van der Waals surface area contributed by atoms with Gasteiger partial charge in [0.1, 0.15) is 12.2 Å². The van der Waals surface area contributed by atoms with E-state index in [2.05, 4.69) is 20.1 Å². The van der Waals surface area contributed by atoms with E-state index >= 15 is 0 Å². The highest BCUT2D eigenvalue weighted by atomic mass is 19.4. The Labute approximate surface area is 203 Å². The van der Waals surface area contributed by atoms with Crippen molar-refractivity contribution in [2.24, 2.45) is 0 Å². The fourth-order valence-electron chi connectivity index (χ4n) is 5.72. The maximum Gasteiger partial charge on any atom is 0.416 e. The minimum Gasteiger partial charge on any atom is -0.371 e. The van der Waals surface area contributed by atoms with Gasteiger partial charge >= 0.3 is 12.4 Å². The number of aromatic amines is 1. The Morgan fingerprint density at radius 2 is 1.64 bits per heavy atom. The maximum atomic E-state index is 13.3. The van der Waals surface area contributed by atoms with Crippen LogP contribution in [0.2, 0.25) is 0 Å². The molecule has 5 nitrogen and oxygen atoms in total. The van der Waals surface area contributed by atoms with Crippen molar-refractivity contribution in [2.75, 3.05) is 0 Å². The number of fused-ring (bicyclic) bond motifs is 2. The van der Waals surface area contributed by atoms with Gasteiger partial charge in [0, 0.05) is 6.04 Å². The van der Waals surface area contributed by atoms with Gasteiger partial charge in [0.2, 0.25) is 0 Å². The Morgan fingerprint density at radius 3 is 2.25 bits per heavy atom. The molecule has 0 amide bonds. The summed E-state index contributed by atoms with van der Waals surface area (Å²) in [5.41, 5.74) is -2.44. The third kappa shape index (κ3) is 4.61. The lowest BCUT2D eigenvalue weighted by atomic mass is 9.79. The van der Waals surface area contributed by atoms with Crippen LogP contribution in [-0.2, 0) is 35.8 Å². The summed E-state index contributed by atoms with van der Waals surface area (Å²) in [6.45, 7) is 0.105. The first-order valence-corrected chi connectivity index (χ1v) is 11.6. The highest BCUT2D eigenvalue weighted by molar-refractivity contribution is 5.34. The first kappa shape index (κ1) is 24.8. The maximum absolute atomic E-state index is 13.3. The second kappa shape index (κ2) is 9.19. The van der Waals surface area contributed by atoms with E-state index in [9.17, 15) is 26.3 Å². The zero-order chi connectivity index (χ0) is 25.6. The van der Waals surface area contributed by atoms with E-state index in [-0.39, 0.29) is 24.3 Å². The molecule has 0 spiro atoms. The lowest BCUT2D eigenvalue weighted by Gasteiger charge is -2.49. The lowest BCUT2D eigenvalue weighted by molar-refractivity contribution is -0.143. The van der Waals surface area contributed by atoms with Crippen molar-refractivity contribution in [1.29, 1.82) is 0 Å². The van der Waals surface area contributed by atoms with Crippen molar-refractivity contribution in [2.45, 2.75) is 68.9 Å². The lowest BCUT2D eigenvalue weighted by Crippen LogP contribution is -2.56. The van der Waals surface area contributed by atoms with Gasteiger partial charge in [0.25, 0.3) is 0 Å². The quantitative estimate of drug-likeness (QED) is 0.409. The fourth-order valence-corrected chi connectivity index (χ4v) is 5.72. The summed E-state index contributed by atoms with van der Waals surface area (Å²) in [6, 6.07) is 11.6. The normalized spacial score (nSPS) is 24.8. The summed E-state index contributed by atoms with van der Waals surface area (Å²) >= 11 is 0. The molecule has 3 atom stereocenters. The van der Waals surface area contributed by atoms with E-state index in [1.54, 1.807) is 0 Å². The molecule has 2 aliphatic heterocycles. The molecular weight excluding hydrogens is 486 g/mol. The number of rotatable bonds is 6. The number of halogens is 6. The average Bonchev–Trinajstić information content (AvgIpc) is 3.43. The largest absolute Gasteiger partial charge is 0.416 e. The summed E-state index contributed by atoms with van der Waals surface area (Å²) in [6.07, 6.45) is -5.75. The zero-order valence-corrected chi connectivity index (χ0v) is 19.1. The minimum absolute atomic E-state index is 0.135. The third-order valence-corrected chi connectivity index (χ3v) is 7.26. The summed E-state index contributed by atoms with van der Waals surface area (Å²) in [5.74, 6) is 0.676. The highest BCUT2D eigenvalue weighted by Crippen LogP contribution is 2.52. The Bertz CT molecular complexity index is 1150. The number of alkyl halides is 6. The van der Waals surface area contributed by atoms with E-state index in [4.69, 9.17) is 4.74 Å². The number of hydrogen-bond acceptors (Lipinski definition) is 4. The molecule has 11 heteroatoms. The molecule has 0 aliphatic carbocycles. The zero-order valence-electron chi connectivity index (χ0n) is 19.1. The van der Waals surface area contributed by atoms with Gasteiger partial charge in [-0.15, -0.1) is 0 Å². The molecule has 3 aromatic rings. The van der Waals surface area contributed by atoms with E-state index in [1.165, 1.54) is 6.33 Å². The first-order chi connectivity index (χ1) is 17.1. The molecule has 2 aliphatic rings. The van der Waals surface area contributed by atoms with Gasteiger partial charge in [-0.25, -0.2) is 4.98 Å². The molecule has 1 aromatic heterocycles. The molecule has 5 rings (SSSR count). The van der Waals surface area contributed by atoms with Gasteiger partial charge < -0.3 is 4.74 Å². The molecule has 3 heterocycles. The number of nitrogens with zero attached hydrogens (tertiary/aromatic N) is 3. The average molecular weight is 510 g/mol. The van der Waals surface area contributed by atoms with Gasteiger partial charge in [0.05, 0.1) is 35.9 Å². The van der Waals surface area contributed by atoms with Crippen molar-refractivity contribution in [1.82, 2.24) is 20.1 Å². The standard InChI is InChI=1S/C25H24F6N4O/c26-24(27,28)18-10-16(11-19(12-18)25(29,30)31)14-36-21-7-6-20-8-9-23(21,17-4-2-1-3-5-17)35(20)13-22-32-15-33-34-22/h1-5,10-12,15,20-21H,6-9,13-14H2,(H,32,33,34). The number of piperidine rings is 1. The first-order valence-electron chi connectivity index (χ1n) is 11.6. The third-order valence-electron chi connectivity index (χ3n) is 7.26. The van der Waals surface area contributed by atoms with Gasteiger partial charge in [-0.3, -0.25) is 10.00 Å². The van der Waals surface area contributed by atoms with Crippen molar-refractivity contribution in [3.05, 3.63) is 82.9 Å². The number of nitrogens with one attached hydrogen (secondary N) is 1. The van der Waals surface area contributed by atoms with Crippen LogP contribution in [-0.4, -0.2) is 32.2 Å². The smallest absolute Gasteiger partial charge is 0.371 e. The summed E-state index contributed by atoms with van der Waals surface area (Å²) in [7, 11) is 0. The Balaban J connectivity index is 1.48. The Morgan fingerprint density at radius 1 is 0.944 bits per heavy atom. The fraction of sp³-hybridized carbons (Fsp3) is 0.440.